The van der Waals surface area contributed by atoms with Crippen LogP contribution in [0.25, 0.3) is 0 Å². The first-order valence-corrected chi connectivity index (χ1v) is 7.30. The minimum atomic E-state index is -0.490. The zero-order chi connectivity index (χ0) is 15.2. The van der Waals surface area contributed by atoms with Crippen molar-refractivity contribution in [2.75, 3.05) is 5.32 Å². The van der Waals surface area contributed by atoms with E-state index in [0.717, 1.165) is 12.0 Å². The maximum Gasteiger partial charge on any atom is 0.231 e. The Morgan fingerprint density at radius 2 is 1.95 bits per heavy atom. The molecule has 0 aliphatic heterocycles. The summed E-state index contributed by atoms with van der Waals surface area (Å²) in [6.07, 6.45) is 1.57. The van der Waals surface area contributed by atoms with Gasteiger partial charge in [-0.25, -0.2) is 4.39 Å². The summed E-state index contributed by atoms with van der Waals surface area (Å²) < 4.78 is 13.7. The highest BCUT2D eigenvalue weighted by Crippen LogP contribution is 2.25. The molecule has 0 aliphatic carbocycles. The Morgan fingerprint density at radius 1 is 1.24 bits per heavy atom. The van der Waals surface area contributed by atoms with E-state index >= 15 is 0 Å². The molecule has 1 N–H and O–H groups in total. The van der Waals surface area contributed by atoms with E-state index in [2.05, 4.69) is 5.32 Å². The first-order chi connectivity index (χ1) is 10.1. The lowest BCUT2D eigenvalue weighted by atomic mass is 9.93. The number of carbonyl (C=O) groups excluding carboxylic acids is 1. The molecule has 0 radical (unpaired) electrons. The molecule has 21 heavy (non-hydrogen) atoms. The number of rotatable bonds is 5. The fourth-order valence-corrected chi connectivity index (χ4v) is 2.41. The Balaban J connectivity index is 2.21. The number of benzene rings is 2. The summed E-state index contributed by atoms with van der Waals surface area (Å²) in [7, 11) is 0. The van der Waals surface area contributed by atoms with E-state index in [9.17, 15) is 9.18 Å². The number of nitrogens with one attached hydrogen (secondary N) is 1. The molecule has 2 aromatic carbocycles. The smallest absolute Gasteiger partial charge is 0.231 e. The van der Waals surface area contributed by atoms with Crippen molar-refractivity contribution in [2.24, 2.45) is 0 Å². The molecule has 0 spiro atoms. The van der Waals surface area contributed by atoms with Crippen molar-refractivity contribution in [3.05, 3.63) is 64.9 Å². The quantitative estimate of drug-likeness (QED) is 0.827. The molecule has 4 heteroatoms. The molecule has 0 saturated carbocycles. The molecule has 0 heterocycles. The van der Waals surface area contributed by atoms with Crippen LogP contribution in [0, 0.1) is 5.82 Å². The van der Waals surface area contributed by atoms with Gasteiger partial charge in [0.1, 0.15) is 5.82 Å². The zero-order valence-corrected chi connectivity index (χ0v) is 12.5. The molecule has 0 saturated heterocycles. The van der Waals surface area contributed by atoms with Crippen molar-refractivity contribution in [1.29, 1.82) is 0 Å². The second-order valence-corrected chi connectivity index (χ2v) is 5.30. The molecule has 2 aromatic rings. The summed E-state index contributed by atoms with van der Waals surface area (Å²) in [4.78, 5) is 12.4. The van der Waals surface area contributed by atoms with Gasteiger partial charge in [0, 0.05) is 5.02 Å². The van der Waals surface area contributed by atoms with Crippen LogP contribution in [0.3, 0.4) is 0 Å². The second-order valence-electron chi connectivity index (χ2n) is 4.87. The molecule has 0 unspecified atom stereocenters. The first kappa shape index (κ1) is 15.5. The normalized spacial score (nSPS) is 12.0. The van der Waals surface area contributed by atoms with Crippen molar-refractivity contribution in [3.63, 3.8) is 0 Å². The lowest BCUT2D eigenvalue weighted by Crippen LogP contribution is -2.21. The molecule has 2 rings (SSSR count). The predicted molar refractivity (Wildman–Crippen MR) is 84.1 cm³/mol. The van der Waals surface area contributed by atoms with Gasteiger partial charge in [0.2, 0.25) is 5.91 Å². The zero-order valence-electron chi connectivity index (χ0n) is 11.8. The fraction of sp³-hybridized carbons (Fsp3) is 0.235. The van der Waals surface area contributed by atoms with Crippen LogP contribution in [0.15, 0.2) is 48.5 Å². The third-order valence-corrected chi connectivity index (χ3v) is 3.52. The van der Waals surface area contributed by atoms with Crippen molar-refractivity contribution in [2.45, 2.75) is 25.7 Å². The highest BCUT2D eigenvalue weighted by molar-refractivity contribution is 6.30. The Morgan fingerprint density at radius 3 is 2.62 bits per heavy atom. The molecule has 0 bridgehead atoms. The lowest BCUT2D eigenvalue weighted by Gasteiger charge is -2.17. The van der Waals surface area contributed by atoms with E-state index in [1.807, 2.05) is 37.3 Å². The van der Waals surface area contributed by atoms with Crippen LogP contribution in [0.5, 0.6) is 0 Å². The molecular weight excluding hydrogens is 289 g/mol. The van der Waals surface area contributed by atoms with Crippen molar-refractivity contribution in [3.8, 4) is 0 Å². The van der Waals surface area contributed by atoms with Crippen molar-refractivity contribution in [1.82, 2.24) is 0 Å². The van der Waals surface area contributed by atoms with Gasteiger partial charge in [-0.2, -0.15) is 0 Å². The number of halogens is 2. The molecule has 1 amide bonds. The molecule has 0 fully saturated rings. The van der Waals surface area contributed by atoms with Gasteiger partial charge in [-0.3, -0.25) is 4.79 Å². The fourth-order valence-electron chi connectivity index (χ4n) is 2.24. The summed E-state index contributed by atoms with van der Waals surface area (Å²) in [6.45, 7) is 2.02. The predicted octanol–water partition coefficient (Wildman–Crippen LogP) is 5.00. The van der Waals surface area contributed by atoms with Crippen LogP contribution < -0.4 is 5.32 Å². The van der Waals surface area contributed by atoms with Gasteiger partial charge < -0.3 is 5.32 Å². The molecule has 0 aliphatic rings. The van der Waals surface area contributed by atoms with E-state index in [0.29, 0.717) is 11.4 Å². The molecule has 2 nitrogen and oxygen atoms in total. The number of carbonyl (C=O) groups is 1. The Hall–Kier alpha value is -1.87. The van der Waals surface area contributed by atoms with Gasteiger partial charge in [-0.05, 0) is 30.2 Å². The van der Waals surface area contributed by atoms with E-state index < -0.39 is 5.82 Å². The van der Waals surface area contributed by atoms with Crippen LogP contribution in [0.2, 0.25) is 5.02 Å². The third-order valence-electron chi connectivity index (χ3n) is 3.28. The molecule has 1 atom stereocenters. The average Bonchev–Trinajstić information content (AvgIpc) is 2.49. The van der Waals surface area contributed by atoms with Crippen LogP contribution >= 0.6 is 11.6 Å². The van der Waals surface area contributed by atoms with E-state index in [1.54, 1.807) is 0 Å². The molecule has 0 aromatic heterocycles. The minimum absolute atomic E-state index is 0.115. The van der Waals surface area contributed by atoms with Gasteiger partial charge in [0.05, 0.1) is 11.6 Å². The Labute approximate surface area is 128 Å². The highest BCUT2D eigenvalue weighted by Gasteiger charge is 2.20. The maximum absolute atomic E-state index is 13.7. The highest BCUT2D eigenvalue weighted by atomic mass is 35.5. The van der Waals surface area contributed by atoms with E-state index in [1.165, 1.54) is 18.2 Å². The maximum atomic E-state index is 13.7. The Bertz CT molecular complexity index is 615. The van der Waals surface area contributed by atoms with Crippen LogP contribution in [-0.2, 0) is 4.79 Å². The van der Waals surface area contributed by atoms with E-state index in [4.69, 9.17) is 11.6 Å². The summed E-state index contributed by atoms with van der Waals surface area (Å²) in [5, 5.41) is 3.02. The van der Waals surface area contributed by atoms with Gasteiger partial charge in [0.15, 0.2) is 0 Å². The Kier molecular flexibility index (Phi) is 5.34. The average molecular weight is 306 g/mol. The standard InChI is InChI=1S/C17H17ClFNO/c1-2-6-14(12-7-4-3-5-8-12)17(21)20-16-11-13(18)9-10-15(16)19/h3-5,7-11,14H,2,6H2,1H3,(H,20,21)/t14-/m0/s1. The molecule has 110 valence electrons. The van der Waals surface area contributed by atoms with Gasteiger partial charge >= 0.3 is 0 Å². The van der Waals surface area contributed by atoms with Gasteiger partial charge in [0.25, 0.3) is 0 Å². The molecular formula is C17H17ClFNO. The summed E-state index contributed by atoms with van der Waals surface area (Å²) in [5.41, 5.74) is 1.05. The van der Waals surface area contributed by atoms with Gasteiger partial charge in [-0.15, -0.1) is 0 Å². The SMILES string of the molecule is CCC[C@H](C(=O)Nc1cc(Cl)ccc1F)c1ccccc1. The summed E-state index contributed by atoms with van der Waals surface area (Å²) >= 11 is 5.84. The number of hydrogen-bond acceptors (Lipinski definition) is 1. The largest absolute Gasteiger partial charge is 0.323 e. The number of hydrogen-bond donors (Lipinski definition) is 1. The van der Waals surface area contributed by atoms with Crippen LogP contribution in [0.4, 0.5) is 10.1 Å². The lowest BCUT2D eigenvalue weighted by molar-refractivity contribution is -0.117. The minimum Gasteiger partial charge on any atom is -0.323 e. The third kappa shape index (κ3) is 4.05. The van der Waals surface area contributed by atoms with Crippen molar-refractivity contribution >= 4 is 23.2 Å². The van der Waals surface area contributed by atoms with Crippen molar-refractivity contribution < 1.29 is 9.18 Å². The van der Waals surface area contributed by atoms with Crippen LogP contribution in [-0.4, -0.2) is 5.91 Å². The van der Waals surface area contributed by atoms with Crippen LogP contribution in [0.1, 0.15) is 31.2 Å². The monoisotopic (exact) mass is 305 g/mol. The number of anilines is 1. The number of amides is 1. The second kappa shape index (κ2) is 7.23. The topological polar surface area (TPSA) is 29.1 Å². The van der Waals surface area contributed by atoms with E-state index in [-0.39, 0.29) is 17.5 Å². The first-order valence-electron chi connectivity index (χ1n) is 6.92. The summed E-state index contributed by atoms with van der Waals surface area (Å²) in [6, 6.07) is 13.6. The summed E-state index contributed by atoms with van der Waals surface area (Å²) in [5.74, 6) is -1.00. The van der Waals surface area contributed by atoms with Gasteiger partial charge in [-0.1, -0.05) is 55.3 Å².